The summed E-state index contributed by atoms with van der Waals surface area (Å²) in [5.41, 5.74) is 3.24. The van der Waals surface area contributed by atoms with E-state index in [9.17, 15) is 4.79 Å². The molecule has 6 nitrogen and oxygen atoms in total. The number of hydrogen-bond acceptors (Lipinski definition) is 6. The summed E-state index contributed by atoms with van der Waals surface area (Å²) < 4.78 is 27.3. The van der Waals surface area contributed by atoms with E-state index < -0.39 is 5.97 Å². The van der Waals surface area contributed by atoms with Crippen LogP contribution in [-0.4, -0.2) is 27.3 Å². The number of hydrogen-bond donors (Lipinski definition) is 0. The first-order valence-electron chi connectivity index (χ1n) is 9.24. The first-order valence-corrected chi connectivity index (χ1v) is 9.24. The highest BCUT2D eigenvalue weighted by atomic mass is 16.5. The van der Waals surface area contributed by atoms with Gasteiger partial charge in [0, 0.05) is 11.1 Å². The van der Waals surface area contributed by atoms with E-state index in [-0.39, 0.29) is 12.4 Å². The molecule has 0 fully saturated rings. The van der Waals surface area contributed by atoms with Gasteiger partial charge in [0.05, 0.1) is 27.6 Å². The van der Waals surface area contributed by atoms with Crippen molar-refractivity contribution in [3.63, 3.8) is 0 Å². The Kier molecular flexibility index (Phi) is 6.44. The zero-order chi connectivity index (χ0) is 20.8. The van der Waals surface area contributed by atoms with E-state index in [0.717, 1.165) is 22.3 Å². The van der Waals surface area contributed by atoms with Crippen LogP contribution in [0.3, 0.4) is 0 Å². The van der Waals surface area contributed by atoms with E-state index in [0.29, 0.717) is 23.7 Å². The predicted octanol–water partition coefficient (Wildman–Crippen LogP) is 4.89. The molecule has 3 aromatic rings. The van der Waals surface area contributed by atoms with E-state index >= 15 is 0 Å². The van der Waals surface area contributed by atoms with Gasteiger partial charge in [-0.2, -0.15) is 0 Å². The Morgan fingerprint density at radius 1 is 0.966 bits per heavy atom. The predicted molar refractivity (Wildman–Crippen MR) is 109 cm³/mol. The van der Waals surface area contributed by atoms with E-state index in [4.69, 9.17) is 23.4 Å². The fourth-order valence-corrected chi connectivity index (χ4v) is 3.17. The summed E-state index contributed by atoms with van der Waals surface area (Å²) in [6, 6.07) is 13.2. The lowest BCUT2D eigenvalue weighted by Crippen LogP contribution is -2.06. The number of ether oxygens (including phenoxy) is 4. The smallest absolute Gasteiger partial charge is 0.374 e. The Hall–Kier alpha value is -3.41. The SMILES string of the molecule is CCc1c(-c2cc(OC)c(OC)c(OC)c2)coc1C(=O)OCc1ccccc1. The van der Waals surface area contributed by atoms with Gasteiger partial charge in [-0.25, -0.2) is 4.79 Å². The third kappa shape index (κ3) is 4.21. The molecule has 2 aromatic carbocycles. The van der Waals surface area contributed by atoms with E-state index in [1.807, 2.05) is 49.4 Å². The van der Waals surface area contributed by atoms with E-state index in [1.165, 1.54) is 0 Å². The summed E-state index contributed by atoms with van der Waals surface area (Å²) in [7, 11) is 4.67. The maximum Gasteiger partial charge on any atom is 0.374 e. The second-order valence-electron chi connectivity index (χ2n) is 6.29. The van der Waals surface area contributed by atoms with Gasteiger partial charge in [-0.15, -0.1) is 0 Å². The molecule has 0 radical (unpaired) electrons. The van der Waals surface area contributed by atoms with E-state index in [1.54, 1.807) is 27.6 Å². The second-order valence-corrected chi connectivity index (χ2v) is 6.29. The zero-order valence-electron chi connectivity index (χ0n) is 17.0. The molecule has 3 rings (SSSR count). The average Bonchev–Trinajstić information content (AvgIpc) is 3.21. The minimum absolute atomic E-state index is 0.184. The number of methoxy groups -OCH3 is 3. The Morgan fingerprint density at radius 3 is 2.17 bits per heavy atom. The summed E-state index contributed by atoms with van der Waals surface area (Å²) in [5, 5.41) is 0. The van der Waals surface area contributed by atoms with Crippen molar-refractivity contribution in [2.45, 2.75) is 20.0 Å². The van der Waals surface area contributed by atoms with Crippen LogP contribution in [0, 0.1) is 0 Å². The molecule has 6 heteroatoms. The van der Waals surface area contributed by atoms with Crippen LogP contribution in [0.15, 0.2) is 53.1 Å². The highest BCUT2D eigenvalue weighted by Crippen LogP contribution is 2.42. The number of benzene rings is 2. The van der Waals surface area contributed by atoms with Gasteiger partial charge in [0.15, 0.2) is 11.5 Å². The summed E-state index contributed by atoms with van der Waals surface area (Å²) in [6.45, 7) is 2.14. The molecule has 0 spiro atoms. The van der Waals surface area contributed by atoms with Gasteiger partial charge in [-0.05, 0) is 29.7 Å². The maximum absolute atomic E-state index is 12.6. The summed E-state index contributed by atoms with van der Waals surface area (Å²) in [6.07, 6.45) is 2.15. The number of carbonyl (C=O) groups is 1. The highest BCUT2D eigenvalue weighted by molar-refractivity contribution is 5.91. The molecule has 0 aliphatic carbocycles. The monoisotopic (exact) mass is 396 g/mol. The van der Waals surface area contributed by atoms with Gasteiger partial charge in [-0.1, -0.05) is 37.3 Å². The van der Waals surface area contributed by atoms with Gasteiger partial charge in [0.1, 0.15) is 6.61 Å². The van der Waals surface area contributed by atoms with Gasteiger partial charge >= 0.3 is 5.97 Å². The molecule has 152 valence electrons. The molecule has 1 heterocycles. The fourth-order valence-electron chi connectivity index (χ4n) is 3.17. The van der Waals surface area contributed by atoms with E-state index in [2.05, 4.69) is 0 Å². The van der Waals surface area contributed by atoms with Crippen molar-refractivity contribution in [3.8, 4) is 28.4 Å². The van der Waals surface area contributed by atoms with Crippen LogP contribution in [-0.2, 0) is 17.8 Å². The molecule has 0 saturated heterocycles. The molecular formula is C23H24O6. The van der Waals surface area contributed by atoms with Gasteiger partial charge in [0.25, 0.3) is 0 Å². The van der Waals surface area contributed by atoms with Gasteiger partial charge in [0.2, 0.25) is 11.5 Å². The number of rotatable bonds is 8. The molecule has 0 N–H and O–H groups in total. The molecular weight excluding hydrogens is 372 g/mol. The highest BCUT2D eigenvalue weighted by Gasteiger charge is 2.23. The van der Waals surface area contributed by atoms with Crippen LogP contribution in [0.4, 0.5) is 0 Å². The molecule has 0 aliphatic rings. The lowest BCUT2D eigenvalue weighted by Gasteiger charge is -2.14. The first kappa shape index (κ1) is 20.3. The van der Waals surface area contributed by atoms with Crippen molar-refractivity contribution in [2.24, 2.45) is 0 Å². The summed E-state index contributed by atoms with van der Waals surface area (Å²) >= 11 is 0. The molecule has 0 bridgehead atoms. The summed E-state index contributed by atoms with van der Waals surface area (Å²) in [4.78, 5) is 12.6. The van der Waals surface area contributed by atoms with Crippen molar-refractivity contribution in [1.82, 2.24) is 0 Å². The standard InChI is InChI=1S/C23H24O6/c1-5-17-18(16-11-19(25-2)22(27-4)20(12-16)26-3)14-28-21(17)23(24)29-13-15-9-7-6-8-10-15/h6-12,14H,5,13H2,1-4H3. The first-order chi connectivity index (χ1) is 14.1. The lowest BCUT2D eigenvalue weighted by atomic mass is 10.00. The third-order valence-electron chi connectivity index (χ3n) is 4.62. The minimum atomic E-state index is -0.496. The molecule has 1 aromatic heterocycles. The van der Waals surface area contributed by atoms with Crippen molar-refractivity contribution >= 4 is 5.97 Å². The minimum Gasteiger partial charge on any atom is -0.493 e. The Balaban J connectivity index is 1.92. The van der Waals surface area contributed by atoms with Crippen molar-refractivity contribution in [2.75, 3.05) is 21.3 Å². The zero-order valence-corrected chi connectivity index (χ0v) is 17.0. The molecule has 0 unspecified atom stereocenters. The van der Waals surface area contributed by atoms with Crippen LogP contribution in [0.5, 0.6) is 17.2 Å². The topological polar surface area (TPSA) is 67.1 Å². The quantitative estimate of drug-likeness (QED) is 0.505. The molecule has 0 saturated carbocycles. The maximum atomic E-state index is 12.6. The van der Waals surface area contributed by atoms with Crippen molar-refractivity contribution in [3.05, 3.63) is 65.6 Å². The largest absolute Gasteiger partial charge is 0.493 e. The number of carbonyl (C=O) groups excluding carboxylic acids is 1. The second kappa shape index (κ2) is 9.19. The lowest BCUT2D eigenvalue weighted by molar-refractivity contribution is 0.0434. The normalized spacial score (nSPS) is 10.5. The Bertz CT molecular complexity index is 949. The van der Waals surface area contributed by atoms with Crippen molar-refractivity contribution < 1.29 is 28.2 Å². The molecule has 0 amide bonds. The van der Waals surface area contributed by atoms with Crippen molar-refractivity contribution in [1.29, 1.82) is 0 Å². The van der Waals surface area contributed by atoms with Crippen LogP contribution >= 0.6 is 0 Å². The van der Waals surface area contributed by atoms with Crippen LogP contribution in [0.2, 0.25) is 0 Å². The van der Waals surface area contributed by atoms with Gasteiger partial charge < -0.3 is 23.4 Å². The molecule has 0 aliphatic heterocycles. The summed E-state index contributed by atoms with van der Waals surface area (Å²) in [5.74, 6) is 1.26. The molecule has 0 atom stereocenters. The Labute approximate surface area is 170 Å². The number of esters is 1. The Morgan fingerprint density at radius 2 is 1.62 bits per heavy atom. The van der Waals surface area contributed by atoms with Crippen LogP contribution in [0.25, 0.3) is 11.1 Å². The fraction of sp³-hybridized carbons (Fsp3) is 0.261. The van der Waals surface area contributed by atoms with Crippen LogP contribution in [0.1, 0.15) is 28.6 Å². The average molecular weight is 396 g/mol. The van der Waals surface area contributed by atoms with Crippen LogP contribution < -0.4 is 14.2 Å². The third-order valence-corrected chi connectivity index (χ3v) is 4.62. The number of furan rings is 1. The van der Waals surface area contributed by atoms with Gasteiger partial charge in [-0.3, -0.25) is 0 Å². The molecule has 29 heavy (non-hydrogen) atoms.